The van der Waals surface area contributed by atoms with Crippen LogP contribution in [0.1, 0.15) is 30.1 Å². The van der Waals surface area contributed by atoms with Gasteiger partial charge in [0.15, 0.2) is 0 Å². The summed E-state index contributed by atoms with van der Waals surface area (Å²) in [5, 5.41) is 0. The van der Waals surface area contributed by atoms with E-state index in [1.165, 1.54) is 6.26 Å². The van der Waals surface area contributed by atoms with Gasteiger partial charge in [0.2, 0.25) is 0 Å². The summed E-state index contributed by atoms with van der Waals surface area (Å²) < 4.78 is 10.8. The zero-order valence-electron chi connectivity index (χ0n) is 13.1. The Kier molecular flexibility index (Phi) is 4.62. The Bertz CT molecular complexity index is 714. The lowest BCUT2D eigenvalue weighted by atomic mass is 10.1. The quantitative estimate of drug-likeness (QED) is 0.918. The molecule has 0 spiro atoms. The Hall–Kier alpha value is -2.34. The smallest absolute Gasteiger partial charge is 0.261 e. The largest absolute Gasteiger partial charge is 0.463 e. The SMILES string of the molecule is CCN(C[C@H]1CCCO1)C(=O)c1ccc(-c2ccco2)[nH]c1=O. The summed E-state index contributed by atoms with van der Waals surface area (Å²) in [6, 6.07) is 6.74. The van der Waals surface area contributed by atoms with Gasteiger partial charge in [0.25, 0.3) is 11.5 Å². The zero-order valence-corrected chi connectivity index (χ0v) is 13.1. The lowest BCUT2D eigenvalue weighted by molar-refractivity contribution is 0.0538. The van der Waals surface area contributed by atoms with E-state index < -0.39 is 5.56 Å². The number of hydrogen-bond acceptors (Lipinski definition) is 4. The fourth-order valence-electron chi connectivity index (χ4n) is 2.78. The van der Waals surface area contributed by atoms with Crippen LogP contribution in [-0.2, 0) is 4.74 Å². The molecule has 1 saturated heterocycles. The number of pyridine rings is 1. The molecule has 6 heteroatoms. The van der Waals surface area contributed by atoms with Gasteiger partial charge in [-0.1, -0.05) is 0 Å². The lowest BCUT2D eigenvalue weighted by Gasteiger charge is -2.23. The molecule has 1 amide bonds. The van der Waals surface area contributed by atoms with E-state index in [2.05, 4.69) is 4.98 Å². The molecule has 1 aliphatic rings. The van der Waals surface area contributed by atoms with Crippen LogP contribution < -0.4 is 5.56 Å². The third-order valence-electron chi connectivity index (χ3n) is 4.04. The van der Waals surface area contributed by atoms with E-state index in [4.69, 9.17) is 9.15 Å². The molecule has 0 aliphatic carbocycles. The summed E-state index contributed by atoms with van der Waals surface area (Å²) >= 11 is 0. The molecule has 0 unspecified atom stereocenters. The van der Waals surface area contributed by atoms with E-state index in [-0.39, 0.29) is 17.6 Å². The van der Waals surface area contributed by atoms with Crippen LogP contribution in [0.3, 0.4) is 0 Å². The average Bonchev–Trinajstić information content (AvgIpc) is 3.25. The van der Waals surface area contributed by atoms with Gasteiger partial charge in [-0.15, -0.1) is 0 Å². The fourth-order valence-corrected chi connectivity index (χ4v) is 2.78. The maximum absolute atomic E-state index is 12.6. The van der Waals surface area contributed by atoms with Gasteiger partial charge in [-0.05, 0) is 44.0 Å². The van der Waals surface area contributed by atoms with Crippen molar-refractivity contribution in [3.8, 4) is 11.5 Å². The molecule has 0 aromatic carbocycles. The number of furan rings is 1. The van der Waals surface area contributed by atoms with Gasteiger partial charge >= 0.3 is 0 Å². The number of aromatic nitrogens is 1. The maximum atomic E-state index is 12.6. The van der Waals surface area contributed by atoms with Crippen molar-refractivity contribution < 1.29 is 13.9 Å². The van der Waals surface area contributed by atoms with Gasteiger partial charge in [0.05, 0.1) is 18.1 Å². The van der Waals surface area contributed by atoms with Gasteiger partial charge in [-0.3, -0.25) is 9.59 Å². The molecular formula is C17H20N2O4. The molecule has 1 fully saturated rings. The van der Waals surface area contributed by atoms with Crippen molar-refractivity contribution in [1.82, 2.24) is 9.88 Å². The highest BCUT2D eigenvalue weighted by molar-refractivity contribution is 5.94. The number of amides is 1. The summed E-state index contributed by atoms with van der Waals surface area (Å²) in [4.78, 5) is 29.2. The summed E-state index contributed by atoms with van der Waals surface area (Å²) in [6.45, 7) is 3.71. The van der Waals surface area contributed by atoms with Crippen molar-refractivity contribution in [2.45, 2.75) is 25.9 Å². The molecule has 0 bridgehead atoms. The molecule has 23 heavy (non-hydrogen) atoms. The Morgan fingerprint density at radius 1 is 1.39 bits per heavy atom. The van der Waals surface area contributed by atoms with Crippen molar-refractivity contribution in [2.24, 2.45) is 0 Å². The predicted molar refractivity (Wildman–Crippen MR) is 85.3 cm³/mol. The highest BCUT2D eigenvalue weighted by Crippen LogP contribution is 2.17. The number of aromatic amines is 1. The number of carbonyl (C=O) groups excluding carboxylic acids is 1. The first kappa shape index (κ1) is 15.6. The van der Waals surface area contributed by atoms with Gasteiger partial charge < -0.3 is 19.0 Å². The molecular weight excluding hydrogens is 296 g/mol. The van der Waals surface area contributed by atoms with E-state index in [1.807, 2.05) is 6.92 Å². The molecule has 1 aliphatic heterocycles. The Balaban J connectivity index is 1.79. The minimum Gasteiger partial charge on any atom is -0.463 e. The number of carbonyl (C=O) groups is 1. The minimum absolute atomic E-state index is 0.0698. The van der Waals surface area contributed by atoms with Crippen molar-refractivity contribution >= 4 is 5.91 Å². The van der Waals surface area contributed by atoms with Crippen LogP contribution in [0, 0.1) is 0 Å². The first-order chi connectivity index (χ1) is 11.2. The van der Waals surface area contributed by atoms with E-state index in [1.54, 1.807) is 29.2 Å². The van der Waals surface area contributed by atoms with Crippen LogP contribution in [0.25, 0.3) is 11.5 Å². The number of ether oxygens (including phenoxy) is 1. The van der Waals surface area contributed by atoms with E-state index in [0.29, 0.717) is 24.5 Å². The molecule has 0 saturated carbocycles. The predicted octanol–water partition coefficient (Wildman–Crippen LogP) is 2.28. The Labute approximate surface area is 134 Å². The molecule has 1 atom stereocenters. The van der Waals surface area contributed by atoms with Gasteiger partial charge in [-0.25, -0.2) is 0 Å². The molecule has 3 heterocycles. The molecule has 3 rings (SSSR count). The second-order valence-corrected chi connectivity index (χ2v) is 5.57. The van der Waals surface area contributed by atoms with Gasteiger partial charge in [0, 0.05) is 19.7 Å². The van der Waals surface area contributed by atoms with Crippen LogP contribution in [-0.4, -0.2) is 41.6 Å². The van der Waals surface area contributed by atoms with E-state index >= 15 is 0 Å². The second kappa shape index (κ2) is 6.83. The molecule has 122 valence electrons. The van der Waals surface area contributed by atoms with E-state index in [0.717, 1.165) is 19.4 Å². The van der Waals surface area contributed by atoms with Crippen LogP contribution in [0.15, 0.2) is 39.7 Å². The van der Waals surface area contributed by atoms with Gasteiger partial charge in [0.1, 0.15) is 11.3 Å². The highest BCUT2D eigenvalue weighted by Gasteiger charge is 2.24. The van der Waals surface area contributed by atoms with Crippen LogP contribution in [0.4, 0.5) is 0 Å². The second-order valence-electron chi connectivity index (χ2n) is 5.57. The summed E-state index contributed by atoms with van der Waals surface area (Å²) in [5.41, 5.74) is 0.286. The number of likely N-dealkylation sites (N-methyl/N-ethyl adjacent to an activating group) is 1. The zero-order chi connectivity index (χ0) is 16.2. The van der Waals surface area contributed by atoms with Crippen molar-refractivity contribution in [3.05, 3.63) is 46.4 Å². The number of nitrogens with zero attached hydrogens (tertiary/aromatic N) is 1. The maximum Gasteiger partial charge on any atom is 0.261 e. The number of hydrogen-bond donors (Lipinski definition) is 1. The minimum atomic E-state index is -0.408. The molecule has 0 radical (unpaired) electrons. The topological polar surface area (TPSA) is 75.5 Å². The number of H-pyrrole nitrogens is 1. The van der Waals surface area contributed by atoms with Crippen molar-refractivity contribution in [3.63, 3.8) is 0 Å². The third-order valence-corrected chi connectivity index (χ3v) is 4.04. The fraction of sp³-hybridized carbons (Fsp3) is 0.412. The molecule has 1 N–H and O–H groups in total. The van der Waals surface area contributed by atoms with E-state index in [9.17, 15) is 9.59 Å². The normalized spacial score (nSPS) is 17.3. The lowest BCUT2D eigenvalue weighted by Crippen LogP contribution is -2.39. The average molecular weight is 316 g/mol. The number of nitrogens with one attached hydrogen (secondary N) is 1. The van der Waals surface area contributed by atoms with Crippen LogP contribution in [0.5, 0.6) is 0 Å². The Morgan fingerprint density at radius 3 is 2.87 bits per heavy atom. The third kappa shape index (κ3) is 3.37. The number of rotatable bonds is 5. The summed E-state index contributed by atoms with van der Waals surface area (Å²) in [5.74, 6) is 0.294. The molecule has 6 nitrogen and oxygen atoms in total. The first-order valence-corrected chi connectivity index (χ1v) is 7.87. The molecule has 2 aromatic heterocycles. The van der Waals surface area contributed by atoms with Crippen molar-refractivity contribution in [2.75, 3.05) is 19.7 Å². The van der Waals surface area contributed by atoms with Crippen molar-refractivity contribution in [1.29, 1.82) is 0 Å². The highest BCUT2D eigenvalue weighted by atomic mass is 16.5. The van der Waals surface area contributed by atoms with Crippen LogP contribution in [0.2, 0.25) is 0 Å². The Morgan fingerprint density at radius 2 is 2.26 bits per heavy atom. The monoisotopic (exact) mass is 316 g/mol. The first-order valence-electron chi connectivity index (χ1n) is 7.87. The standard InChI is InChI=1S/C17H20N2O4/c1-2-19(11-12-5-3-9-22-12)17(21)13-7-8-14(18-16(13)20)15-6-4-10-23-15/h4,6-8,10,12H,2-3,5,9,11H2,1H3,(H,18,20)/t12-/m1/s1. The molecule has 2 aromatic rings. The van der Waals surface area contributed by atoms with Gasteiger partial charge in [-0.2, -0.15) is 0 Å². The summed E-state index contributed by atoms with van der Waals surface area (Å²) in [6.07, 6.45) is 3.58. The van der Waals surface area contributed by atoms with Crippen LogP contribution >= 0.6 is 0 Å². The summed E-state index contributed by atoms with van der Waals surface area (Å²) in [7, 11) is 0.